The van der Waals surface area contributed by atoms with Gasteiger partial charge < -0.3 is 20.9 Å². The van der Waals surface area contributed by atoms with E-state index in [9.17, 15) is 0 Å². The van der Waals surface area contributed by atoms with Crippen LogP contribution < -0.4 is 10.6 Å². The molecule has 5 heteroatoms. The van der Waals surface area contributed by atoms with Crippen molar-refractivity contribution in [2.45, 2.75) is 26.2 Å². The van der Waals surface area contributed by atoms with E-state index in [1.54, 1.807) is 0 Å². The second kappa shape index (κ2) is 7.63. The molecule has 0 aliphatic rings. The topological polar surface area (TPSA) is 82.1 Å². The minimum Gasteiger partial charge on any atom is -0.409 e. The summed E-state index contributed by atoms with van der Waals surface area (Å²) in [6.07, 6.45) is 2.82. The molecule has 0 spiro atoms. The van der Waals surface area contributed by atoms with Crippen LogP contribution in [0.25, 0.3) is 0 Å². The van der Waals surface area contributed by atoms with Crippen LogP contribution in [0.2, 0.25) is 0 Å². The molecular formula is C14H23N3O2. The molecular weight excluding hydrogens is 242 g/mol. The van der Waals surface area contributed by atoms with Gasteiger partial charge in [0.2, 0.25) is 0 Å². The first kappa shape index (κ1) is 15.3. The number of para-hydroxylation sites is 1. The zero-order valence-corrected chi connectivity index (χ0v) is 11.6. The lowest BCUT2D eigenvalue weighted by molar-refractivity contribution is 0.283. The third-order valence-corrected chi connectivity index (χ3v) is 3.15. The van der Waals surface area contributed by atoms with Gasteiger partial charge in [0.05, 0.1) is 5.69 Å². The van der Waals surface area contributed by atoms with Crippen molar-refractivity contribution in [3.63, 3.8) is 0 Å². The average molecular weight is 265 g/mol. The number of aryl methyl sites for hydroxylation is 1. The highest BCUT2D eigenvalue weighted by molar-refractivity contribution is 6.02. The van der Waals surface area contributed by atoms with Gasteiger partial charge in [0.1, 0.15) is 0 Å². The van der Waals surface area contributed by atoms with Crippen LogP contribution in [-0.2, 0) is 0 Å². The molecule has 4 N–H and O–H groups in total. The molecule has 5 nitrogen and oxygen atoms in total. The summed E-state index contributed by atoms with van der Waals surface area (Å²) in [7, 11) is 2.00. The Bertz CT molecular complexity index is 433. The fourth-order valence-electron chi connectivity index (χ4n) is 2.18. The van der Waals surface area contributed by atoms with Crippen molar-refractivity contribution in [1.82, 2.24) is 0 Å². The van der Waals surface area contributed by atoms with Gasteiger partial charge in [-0.1, -0.05) is 17.3 Å². The van der Waals surface area contributed by atoms with Crippen molar-refractivity contribution < 1.29 is 10.3 Å². The normalized spacial score (nSPS) is 11.6. The monoisotopic (exact) mass is 265 g/mol. The van der Waals surface area contributed by atoms with Crippen LogP contribution in [0.3, 0.4) is 0 Å². The molecule has 0 radical (unpaired) electrons. The molecule has 0 atom stereocenters. The van der Waals surface area contributed by atoms with Crippen molar-refractivity contribution in [2.75, 3.05) is 25.1 Å². The standard InChI is InChI=1S/C14H23N3O2/c1-11-7-6-8-12(14(15)16-19)13(11)17(2)9-4-3-5-10-18/h6-8,18-19H,3-5,9-10H2,1-2H3,(H2,15,16). The smallest absolute Gasteiger partial charge is 0.172 e. The SMILES string of the molecule is Cc1cccc(/C(N)=N/O)c1N(C)CCCCCO. The minimum absolute atomic E-state index is 0.126. The molecule has 0 heterocycles. The van der Waals surface area contributed by atoms with Gasteiger partial charge >= 0.3 is 0 Å². The molecule has 0 aliphatic heterocycles. The first-order valence-electron chi connectivity index (χ1n) is 6.51. The second-order valence-electron chi connectivity index (χ2n) is 4.66. The quantitative estimate of drug-likeness (QED) is 0.230. The molecule has 1 aromatic rings. The maximum absolute atomic E-state index is 8.85. The molecule has 19 heavy (non-hydrogen) atoms. The molecule has 106 valence electrons. The maximum Gasteiger partial charge on any atom is 0.172 e. The Morgan fingerprint density at radius 3 is 2.68 bits per heavy atom. The molecule has 1 rings (SSSR count). The highest BCUT2D eigenvalue weighted by atomic mass is 16.4. The molecule has 0 fully saturated rings. The van der Waals surface area contributed by atoms with E-state index in [1.807, 2.05) is 32.2 Å². The maximum atomic E-state index is 8.85. The number of aliphatic hydroxyl groups excluding tert-OH is 1. The summed E-state index contributed by atoms with van der Waals surface area (Å²) < 4.78 is 0. The number of nitrogens with two attached hydrogens (primary N) is 1. The predicted molar refractivity (Wildman–Crippen MR) is 77.9 cm³/mol. The van der Waals surface area contributed by atoms with Gasteiger partial charge in [-0.2, -0.15) is 0 Å². The number of oxime groups is 1. The van der Waals surface area contributed by atoms with Gasteiger partial charge in [0, 0.05) is 25.8 Å². The van der Waals surface area contributed by atoms with E-state index in [4.69, 9.17) is 16.0 Å². The molecule has 0 saturated heterocycles. The van der Waals surface area contributed by atoms with E-state index in [2.05, 4.69) is 10.1 Å². The number of aliphatic hydroxyl groups is 1. The molecule has 0 saturated carbocycles. The third kappa shape index (κ3) is 4.13. The first-order valence-corrected chi connectivity index (χ1v) is 6.51. The lowest BCUT2D eigenvalue weighted by Gasteiger charge is -2.24. The van der Waals surface area contributed by atoms with Crippen LogP contribution in [0.15, 0.2) is 23.4 Å². The number of anilines is 1. The Kier molecular flexibility index (Phi) is 6.15. The van der Waals surface area contributed by atoms with Crippen LogP contribution >= 0.6 is 0 Å². The van der Waals surface area contributed by atoms with Gasteiger partial charge in [-0.15, -0.1) is 0 Å². The molecule has 0 aliphatic carbocycles. The van der Waals surface area contributed by atoms with Crippen LogP contribution in [0.1, 0.15) is 30.4 Å². The Morgan fingerprint density at radius 1 is 1.32 bits per heavy atom. The van der Waals surface area contributed by atoms with Crippen molar-refractivity contribution >= 4 is 11.5 Å². The highest BCUT2D eigenvalue weighted by Crippen LogP contribution is 2.24. The molecule has 0 amide bonds. The van der Waals surface area contributed by atoms with Gasteiger partial charge in [0.25, 0.3) is 0 Å². The molecule has 0 unspecified atom stereocenters. The number of amidine groups is 1. The van der Waals surface area contributed by atoms with Gasteiger partial charge in [-0.3, -0.25) is 0 Å². The van der Waals surface area contributed by atoms with Crippen molar-refractivity contribution in [3.05, 3.63) is 29.3 Å². The highest BCUT2D eigenvalue weighted by Gasteiger charge is 2.13. The number of rotatable bonds is 7. The molecule has 1 aromatic carbocycles. The largest absolute Gasteiger partial charge is 0.409 e. The average Bonchev–Trinajstić information content (AvgIpc) is 2.42. The first-order chi connectivity index (χ1) is 9.11. The summed E-state index contributed by atoms with van der Waals surface area (Å²) in [4.78, 5) is 2.11. The van der Waals surface area contributed by atoms with E-state index < -0.39 is 0 Å². The molecule has 0 bridgehead atoms. The van der Waals surface area contributed by atoms with Crippen LogP contribution in [0.4, 0.5) is 5.69 Å². The third-order valence-electron chi connectivity index (χ3n) is 3.15. The summed E-state index contributed by atoms with van der Waals surface area (Å²) in [5, 5.41) is 20.7. The van der Waals surface area contributed by atoms with Crippen LogP contribution in [0.5, 0.6) is 0 Å². The summed E-state index contributed by atoms with van der Waals surface area (Å²) in [5.41, 5.74) is 8.54. The summed E-state index contributed by atoms with van der Waals surface area (Å²) in [6.45, 7) is 3.12. The summed E-state index contributed by atoms with van der Waals surface area (Å²) in [5.74, 6) is 0.126. The van der Waals surface area contributed by atoms with Crippen LogP contribution in [0, 0.1) is 6.92 Å². The Labute approximate surface area is 114 Å². The number of nitrogens with zero attached hydrogens (tertiary/aromatic N) is 2. The predicted octanol–water partition coefficient (Wildman–Crippen LogP) is 1.69. The lowest BCUT2D eigenvalue weighted by Crippen LogP contribution is -2.24. The minimum atomic E-state index is 0.126. The second-order valence-corrected chi connectivity index (χ2v) is 4.66. The number of unbranched alkanes of at least 4 members (excludes halogenated alkanes) is 2. The Hall–Kier alpha value is -1.75. The molecule has 0 aromatic heterocycles. The van der Waals surface area contributed by atoms with Gasteiger partial charge in [-0.05, 0) is 37.8 Å². The number of hydrogen-bond acceptors (Lipinski definition) is 4. The summed E-state index contributed by atoms with van der Waals surface area (Å²) in [6, 6.07) is 5.75. The summed E-state index contributed by atoms with van der Waals surface area (Å²) >= 11 is 0. The van der Waals surface area contributed by atoms with Crippen molar-refractivity contribution in [2.24, 2.45) is 10.9 Å². The van der Waals surface area contributed by atoms with Crippen molar-refractivity contribution in [1.29, 1.82) is 0 Å². The zero-order valence-electron chi connectivity index (χ0n) is 11.6. The lowest BCUT2D eigenvalue weighted by atomic mass is 10.1. The van der Waals surface area contributed by atoms with E-state index in [0.29, 0.717) is 0 Å². The number of benzene rings is 1. The Morgan fingerprint density at radius 2 is 2.05 bits per heavy atom. The van der Waals surface area contributed by atoms with E-state index in [-0.39, 0.29) is 12.4 Å². The van der Waals surface area contributed by atoms with Crippen molar-refractivity contribution in [3.8, 4) is 0 Å². The van der Waals surface area contributed by atoms with E-state index in [1.165, 1.54) is 0 Å². The Balaban J connectivity index is 2.86. The number of hydrogen-bond donors (Lipinski definition) is 3. The zero-order chi connectivity index (χ0) is 14.3. The van der Waals surface area contributed by atoms with Crippen LogP contribution in [-0.4, -0.2) is 36.3 Å². The van der Waals surface area contributed by atoms with E-state index in [0.717, 1.165) is 42.6 Å². The fraction of sp³-hybridized carbons (Fsp3) is 0.500. The van der Waals surface area contributed by atoms with Gasteiger partial charge in [0.15, 0.2) is 5.84 Å². The van der Waals surface area contributed by atoms with E-state index >= 15 is 0 Å². The fourth-order valence-corrected chi connectivity index (χ4v) is 2.18. The van der Waals surface area contributed by atoms with Gasteiger partial charge in [-0.25, -0.2) is 0 Å².